The van der Waals surface area contributed by atoms with Crippen molar-refractivity contribution in [3.63, 3.8) is 0 Å². The molecule has 0 aliphatic rings. The second-order valence-electron chi connectivity index (χ2n) is 0.549. The van der Waals surface area contributed by atoms with E-state index in [-0.39, 0.29) is 17.6 Å². The first kappa shape index (κ1) is 16.2. The van der Waals surface area contributed by atoms with Crippen LogP contribution in [0.1, 0.15) is 0 Å². The van der Waals surface area contributed by atoms with Crippen LogP contribution in [0.3, 0.4) is 0 Å². The minimum absolute atomic E-state index is 0. The zero-order valence-corrected chi connectivity index (χ0v) is 6.14. The summed E-state index contributed by atoms with van der Waals surface area (Å²) in [5, 5.41) is 33.2. The molecule has 0 aliphatic carbocycles. The van der Waals surface area contributed by atoms with Gasteiger partial charge in [-0.2, -0.15) is 0 Å². The predicted octanol–water partition coefficient (Wildman–Crippen LogP) is -5.06. The zero-order valence-electron chi connectivity index (χ0n) is 4.04. The molecule has 0 spiro atoms. The van der Waals surface area contributed by atoms with Crippen molar-refractivity contribution in [3.8, 4) is 0 Å². The molecule has 0 aromatic carbocycles. The molecule has 0 aliphatic heterocycles. The van der Waals surface area contributed by atoms with Crippen LogP contribution >= 0.6 is 0 Å². The van der Waals surface area contributed by atoms with E-state index in [4.69, 9.17) is 20.1 Å². The number of halogens is 2. The summed E-state index contributed by atoms with van der Waals surface area (Å²) in [4.78, 5) is 0. The second-order valence-corrected chi connectivity index (χ2v) is 0.549. The minimum atomic E-state index is -3.17. The van der Waals surface area contributed by atoms with Crippen LogP contribution in [0.5, 0.6) is 0 Å². The van der Waals surface area contributed by atoms with E-state index >= 15 is 0 Å². The summed E-state index contributed by atoms with van der Waals surface area (Å²) in [6, 6.07) is 0. The first-order chi connectivity index (χ1) is 3.46. The van der Waals surface area contributed by atoms with E-state index in [2.05, 4.69) is 0 Å². The fourth-order valence-electron chi connectivity index (χ4n) is 0. The Bertz CT molecular complexity index is 32.0. The monoisotopic (exact) mass is 198 g/mol. The Labute approximate surface area is 61.9 Å². The largest absolute Gasteiger partial charge is 4.00 e. The van der Waals surface area contributed by atoms with Gasteiger partial charge in [0.25, 0.3) is 0 Å². The Morgan fingerprint density at radius 3 is 0.778 bits per heavy atom. The van der Waals surface area contributed by atoms with Crippen LogP contribution in [0.2, 0.25) is 0 Å². The van der Waals surface area contributed by atoms with Crippen LogP contribution in [0.15, 0.2) is 0 Å². The van der Waals surface area contributed by atoms with Crippen LogP contribution < -0.4 is 20.1 Å². The number of hydrogen-bond donors (Lipinski definition) is 0. The van der Waals surface area contributed by atoms with Crippen molar-refractivity contribution < 1.29 is 28.7 Å². The smallest absolute Gasteiger partial charge is 0.867 e. The molecule has 0 saturated carbocycles. The molecule has 9 heavy (non-hydrogen) atoms. The Morgan fingerprint density at radius 2 is 0.778 bits per heavy atom. The van der Waals surface area contributed by atoms with Gasteiger partial charge < -0.3 is 28.7 Å². The van der Waals surface area contributed by atoms with Gasteiger partial charge in [0.05, 0.1) is 0 Å². The summed E-state index contributed by atoms with van der Waals surface area (Å²) in [6.07, 6.45) is 0. The van der Waals surface area contributed by atoms with Gasteiger partial charge in [0.2, 0.25) is 0 Å². The summed E-state index contributed by atoms with van der Waals surface area (Å²) in [5.41, 5.74) is 0. The van der Waals surface area contributed by atoms with Gasteiger partial charge in [-0.3, -0.25) is 0 Å². The molecule has 0 aromatic rings. The van der Waals surface area contributed by atoms with E-state index in [0.29, 0.717) is 0 Å². The second kappa shape index (κ2) is 11.2. The Kier molecular flexibility index (Phi) is 20.1. The van der Waals surface area contributed by atoms with E-state index in [0.717, 1.165) is 0 Å². The molecule has 0 unspecified atom stereocenters. The summed E-state index contributed by atoms with van der Waals surface area (Å²) in [7, 11) is -6.33. The van der Waals surface area contributed by atoms with Crippen LogP contribution in [-0.2, 0) is 0 Å². The molecule has 0 heterocycles. The van der Waals surface area contributed by atoms with Gasteiger partial charge in [-0.15, -0.1) is 0 Å². The van der Waals surface area contributed by atoms with Gasteiger partial charge in [-0.05, 0) is 0 Å². The van der Waals surface area contributed by atoms with Gasteiger partial charge in [0.15, 0.2) is 0 Å². The van der Waals surface area contributed by atoms with Crippen molar-refractivity contribution in [2.45, 2.75) is 0 Å². The van der Waals surface area contributed by atoms with E-state index in [1.165, 1.54) is 0 Å². The first-order valence-electron chi connectivity index (χ1n) is 1.38. The van der Waals surface area contributed by atoms with Crippen molar-refractivity contribution in [2.75, 3.05) is 0 Å². The molecule has 0 fully saturated rings. The van der Waals surface area contributed by atoms with E-state index in [9.17, 15) is 8.63 Å². The Morgan fingerprint density at radius 1 is 0.778 bits per heavy atom. The SMILES string of the molecule is [Ge+4].[O-]B([O-])F.[O-]B([O-])F. The average Bonchev–Trinajstić information content (AvgIpc) is 1.25. The van der Waals surface area contributed by atoms with E-state index < -0.39 is 14.8 Å². The fourth-order valence-corrected chi connectivity index (χ4v) is 0. The zero-order chi connectivity index (χ0) is 7.15. The summed E-state index contributed by atoms with van der Waals surface area (Å²) < 4.78 is 19.8. The van der Waals surface area contributed by atoms with Crippen LogP contribution in [0, 0.1) is 0 Å². The maximum atomic E-state index is 9.89. The molecule has 0 atom stereocenters. The summed E-state index contributed by atoms with van der Waals surface area (Å²) in [5.74, 6) is 0. The molecule has 0 amide bonds. The van der Waals surface area contributed by atoms with Crippen molar-refractivity contribution in [3.05, 3.63) is 0 Å². The van der Waals surface area contributed by atoms with Gasteiger partial charge in [0.1, 0.15) is 14.8 Å². The Balaban J connectivity index is -0.0000000720. The first-order valence-corrected chi connectivity index (χ1v) is 1.38. The van der Waals surface area contributed by atoms with Crippen molar-refractivity contribution in [2.24, 2.45) is 0 Å². The molecule has 4 nitrogen and oxygen atoms in total. The molecular formula is B2F2GeO4. The predicted molar refractivity (Wildman–Crippen MR) is 19.5 cm³/mol. The normalized spacial score (nSPS) is 6.00. The maximum absolute atomic E-state index is 9.89. The molecule has 0 aromatic heterocycles. The quantitative estimate of drug-likeness (QED) is 0.362. The van der Waals surface area contributed by atoms with Gasteiger partial charge in [0, 0.05) is 0 Å². The molecular weight excluding hydrogens is 196 g/mol. The van der Waals surface area contributed by atoms with Crippen LogP contribution in [0.25, 0.3) is 0 Å². The molecule has 0 bridgehead atoms. The minimum Gasteiger partial charge on any atom is -0.867 e. The topological polar surface area (TPSA) is 92.2 Å². The van der Waals surface area contributed by atoms with Crippen LogP contribution in [0.4, 0.5) is 8.63 Å². The number of rotatable bonds is 0. The average molecular weight is 196 g/mol. The molecule has 48 valence electrons. The van der Waals surface area contributed by atoms with Crippen molar-refractivity contribution in [1.82, 2.24) is 0 Å². The molecule has 9 heteroatoms. The molecule has 0 saturated heterocycles. The third-order valence-electron chi connectivity index (χ3n) is 0. The van der Waals surface area contributed by atoms with Gasteiger partial charge in [-0.1, -0.05) is 0 Å². The van der Waals surface area contributed by atoms with Gasteiger partial charge >= 0.3 is 17.6 Å². The molecule has 0 radical (unpaired) electrons. The number of hydrogen-bond acceptors (Lipinski definition) is 4. The standard InChI is InChI=1S/2BFO2.Ge/c2*2-1(3)4;/q2*-2;+4. The summed E-state index contributed by atoms with van der Waals surface area (Å²) in [6.45, 7) is 0. The summed E-state index contributed by atoms with van der Waals surface area (Å²) >= 11 is 0. The van der Waals surface area contributed by atoms with Crippen molar-refractivity contribution >= 4 is 32.4 Å². The maximum Gasteiger partial charge on any atom is 4.00 e. The van der Waals surface area contributed by atoms with Gasteiger partial charge in [-0.25, -0.2) is 0 Å². The third-order valence-corrected chi connectivity index (χ3v) is 0. The van der Waals surface area contributed by atoms with E-state index in [1.807, 2.05) is 0 Å². The van der Waals surface area contributed by atoms with E-state index in [1.54, 1.807) is 0 Å². The molecule has 0 N–H and O–H groups in total. The molecule has 0 rings (SSSR count). The Hall–Kier alpha value is 0.373. The third kappa shape index (κ3) is 2450. The van der Waals surface area contributed by atoms with Crippen molar-refractivity contribution in [1.29, 1.82) is 0 Å². The van der Waals surface area contributed by atoms with Crippen LogP contribution in [-0.4, -0.2) is 32.4 Å². The fraction of sp³-hybridized carbons (Fsp3) is 0.